The number of thiazole rings is 1. The summed E-state index contributed by atoms with van der Waals surface area (Å²) in [7, 11) is 0.447. The van der Waals surface area contributed by atoms with Gasteiger partial charge in [0.05, 0.1) is 11.9 Å². The maximum absolute atomic E-state index is 14.0. The molecular formula is C27H27N13O7S4. The number of anilines is 4. The van der Waals surface area contributed by atoms with Gasteiger partial charge in [-0.25, -0.2) is 24.2 Å². The van der Waals surface area contributed by atoms with E-state index in [1.807, 2.05) is 0 Å². The number of carbonyl (C=O) groups is 4. The number of nitrogens with zero attached hydrogens (tertiary/aromatic N) is 8. The molecule has 2 aliphatic heterocycles. The van der Waals surface area contributed by atoms with Crippen molar-refractivity contribution < 1.29 is 28.5 Å². The number of aliphatic carboxylic acids is 1. The van der Waals surface area contributed by atoms with Crippen LogP contribution in [0.5, 0.6) is 0 Å². The van der Waals surface area contributed by atoms with Crippen LogP contribution in [0.25, 0.3) is 0 Å². The Morgan fingerprint density at radius 3 is 2.59 bits per heavy atom. The minimum absolute atomic E-state index is 0.0137. The summed E-state index contributed by atoms with van der Waals surface area (Å²) in [6, 6.07) is 2.44. The van der Waals surface area contributed by atoms with Gasteiger partial charge >= 0.3 is 12.0 Å². The van der Waals surface area contributed by atoms with Crippen LogP contribution in [0, 0.1) is 0 Å². The number of carboxylic acid groups (broad SMARTS) is 1. The van der Waals surface area contributed by atoms with Gasteiger partial charge in [0.25, 0.3) is 11.5 Å². The Hall–Kier alpha value is -5.33. The molecule has 8 N–H and O–H groups in total. The summed E-state index contributed by atoms with van der Waals surface area (Å²) in [4.78, 5) is 79.3. The quantitative estimate of drug-likeness (QED) is 0.0814. The number of amides is 4. The van der Waals surface area contributed by atoms with E-state index < -0.39 is 63.3 Å². The summed E-state index contributed by atoms with van der Waals surface area (Å²) in [6.45, 7) is 0. The number of primary amides is 1. The normalized spacial score (nSPS) is 18.0. The van der Waals surface area contributed by atoms with Crippen molar-refractivity contribution in [3.8, 4) is 0 Å². The predicted molar refractivity (Wildman–Crippen MR) is 187 cm³/mol. The standard InChI is InChI=1S/C27H27N13O7S4/c1-38-27(35-36-37-38)50-9-11-8-48-22-16(21(43)40(22)17(11)23(44)45)33-20(42)18(14-10-49-24(28)32-14)39(25(29)46)15-7-30-26(34-19(15)41)31-12-3-5-13(6-4-12)51(2)47/h3-7,10,16,18,22H,8-9H2,1-2H3,(H2,28,32)(H2,29,46)(H,33,42)(H,44,45)(H2,30,31,34,41)/t16-,18?,22+,51?/m1/s1. The third kappa shape index (κ3) is 7.15. The molecule has 3 aromatic heterocycles. The third-order valence-corrected chi connectivity index (χ3v) is 11.6. The molecule has 4 atom stereocenters. The van der Waals surface area contributed by atoms with Gasteiger partial charge in [0.2, 0.25) is 17.0 Å². The van der Waals surface area contributed by atoms with E-state index in [0.717, 1.165) is 22.4 Å². The Labute approximate surface area is 301 Å². The lowest BCUT2D eigenvalue weighted by Gasteiger charge is -2.49. The molecule has 1 saturated heterocycles. The SMILES string of the molecule is Cn1nnnc1SCC1=C(C(=O)O)N2C(=O)[C@@H](NC(=O)C(c3csc(N)n3)N(C(N)=O)c3cnc(Nc4ccc(S(C)=O)cc4)[nH]c3=O)[C@@H]2SC1. The largest absolute Gasteiger partial charge is 0.477 e. The van der Waals surface area contributed by atoms with E-state index in [0.29, 0.717) is 26.2 Å². The van der Waals surface area contributed by atoms with Gasteiger partial charge in [-0.1, -0.05) is 11.8 Å². The number of carbonyl (C=O) groups excluding carboxylic acids is 3. The number of urea groups is 1. The van der Waals surface area contributed by atoms with Crippen LogP contribution >= 0.6 is 34.9 Å². The summed E-state index contributed by atoms with van der Waals surface area (Å²) in [5, 5.41) is 27.8. The van der Waals surface area contributed by atoms with Gasteiger partial charge in [-0.2, -0.15) is 0 Å². The summed E-state index contributed by atoms with van der Waals surface area (Å²) >= 11 is 3.40. The molecule has 2 aliphatic rings. The lowest BCUT2D eigenvalue weighted by atomic mass is 10.0. The maximum Gasteiger partial charge on any atom is 0.352 e. The summed E-state index contributed by atoms with van der Waals surface area (Å²) < 4.78 is 13.1. The fourth-order valence-corrected chi connectivity index (χ4v) is 8.64. The number of nitrogens with one attached hydrogen (secondary N) is 3. The van der Waals surface area contributed by atoms with Crippen LogP contribution in [-0.4, -0.2) is 102 Å². The number of H-pyrrole nitrogens is 1. The second kappa shape index (κ2) is 14.5. The van der Waals surface area contributed by atoms with Gasteiger partial charge < -0.3 is 27.2 Å². The number of nitrogens with two attached hydrogens (primary N) is 2. The number of aromatic amines is 1. The number of carboxylic acids is 1. The molecule has 6 rings (SSSR count). The molecule has 0 radical (unpaired) electrons. The molecule has 0 saturated carbocycles. The third-order valence-electron chi connectivity index (χ3n) is 7.56. The Kier molecular flexibility index (Phi) is 10.1. The lowest BCUT2D eigenvalue weighted by Crippen LogP contribution is -2.71. The Bertz CT molecular complexity index is 2150. The van der Waals surface area contributed by atoms with Crippen LogP contribution in [0.3, 0.4) is 0 Å². The minimum Gasteiger partial charge on any atom is -0.477 e. The van der Waals surface area contributed by atoms with Gasteiger partial charge in [-0.3, -0.25) is 33.4 Å². The molecule has 266 valence electrons. The van der Waals surface area contributed by atoms with Crippen molar-refractivity contribution in [2.24, 2.45) is 12.8 Å². The van der Waals surface area contributed by atoms with Crippen molar-refractivity contribution >= 4 is 91.9 Å². The highest BCUT2D eigenvalue weighted by molar-refractivity contribution is 8.01. The van der Waals surface area contributed by atoms with Crippen molar-refractivity contribution in [3.05, 3.63) is 63.2 Å². The number of hydrogen-bond donors (Lipinski definition) is 6. The van der Waals surface area contributed by atoms with Crippen molar-refractivity contribution in [3.63, 3.8) is 0 Å². The van der Waals surface area contributed by atoms with Crippen LogP contribution in [-0.2, 0) is 32.2 Å². The smallest absolute Gasteiger partial charge is 0.352 e. The van der Waals surface area contributed by atoms with Crippen LogP contribution < -0.4 is 32.6 Å². The molecule has 5 heterocycles. The molecule has 0 spiro atoms. The zero-order valence-electron chi connectivity index (χ0n) is 26.4. The molecule has 0 bridgehead atoms. The van der Waals surface area contributed by atoms with E-state index >= 15 is 0 Å². The zero-order chi connectivity index (χ0) is 36.6. The van der Waals surface area contributed by atoms with Gasteiger partial charge in [0.1, 0.15) is 22.8 Å². The molecule has 4 amide bonds. The highest BCUT2D eigenvalue weighted by Crippen LogP contribution is 2.42. The number of hydrogen-bond acceptors (Lipinski definition) is 16. The lowest BCUT2D eigenvalue weighted by molar-refractivity contribution is -0.150. The average molecular weight is 774 g/mol. The van der Waals surface area contributed by atoms with E-state index in [2.05, 4.69) is 41.1 Å². The van der Waals surface area contributed by atoms with Gasteiger partial charge in [0, 0.05) is 51.6 Å². The Balaban J connectivity index is 1.24. The second-order valence-electron chi connectivity index (χ2n) is 10.8. The molecule has 1 fully saturated rings. The number of β-lactam (4-membered cyclic amide) rings is 1. The van der Waals surface area contributed by atoms with Crippen molar-refractivity contribution in [2.45, 2.75) is 27.5 Å². The highest BCUT2D eigenvalue weighted by Gasteiger charge is 2.55. The fraction of sp³-hybridized carbons (Fsp3) is 0.259. The molecule has 2 unspecified atom stereocenters. The first-order valence-corrected chi connectivity index (χ1v) is 19.0. The molecule has 0 aliphatic carbocycles. The molecule has 1 aromatic carbocycles. The van der Waals surface area contributed by atoms with Crippen LogP contribution in [0.15, 0.2) is 62.0 Å². The molecule has 4 aromatic rings. The predicted octanol–water partition coefficient (Wildman–Crippen LogP) is -0.0296. The van der Waals surface area contributed by atoms with E-state index in [1.165, 1.54) is 39.8 Å². The van der Waals surface area contributed by atoms with Crippen molar-refractivity contribution in [1.29, 1.82) is 0 Å². The number of aromatic nitrogens is 7. The highest BCUT2D eigenvalue weighted by atomic mass is 32.2. The van der Waals surface area contributed by atoms with Gasteiger partial charge in [0.15, 0.2) is 11.2 Å². The monoisotopic (exact) mass is 773 g/mol. The number of thioether (sulfide) groups is 2. The van der Waals surface area contributed by atoms with Crippen molar-refractivity contribution in [2.75, 3.05) is 33.7 Å². The summed E-state index contributed by atoms with van der Waals surface area (Å²) in [5.41, 5.74) is 11.0. The van der Waals surface area contributed by atoms with Crippen LogP contribution in [0.4, 0.5) is 27.2 Å². The second-order valence-corrected chi connectivity index (χ2v) is 15.1. The first kappa shape index (κ1) is 35.5. The maximum atomic E-state index is 14.0. The Morgan fingerprint density at radius 1 is 1.25 bits per heavy atom. The zero-order valence-corrected chi connectivity index (χ0v) is 29.6. The summed E-state index contributed by atoms with van der Waals surface area (Å²) in [5.74, 6) is -2.55. The summed E-state index contributed by atoms with van der Waals surface area (Å²) in [6.07, 6.45) is 2.57. The Morgan fingerprint density at radius 2 is 2.00 bits per heavy atom. The first-order chi connectivity index (χ1) is 24.3. The number of benzene rings is 1. The minimum atomic E-state index is -1.68. The van der Waals surface area contributed by atoms with Crippen molar-refractivity contribution in [1.82, 2.24) is 45.4 Å². The topological polar surface area (TPSA) is 290 Å². The first-order valence-electron chi connectivity index (χ1n) is 14.5. The van der Waals surface area contributed by atoms with Gasteiger partial charge in [-0.15, -0.1) is 28.2 Å². The van der Waals surface area contributed by atoms with E-state index in [9.17, 15) is 33.3 Å². The average Bonchev–Trinajstić information content (AvgIpc) is 3.71. The number of rotatable bonds is 12. The van der Waals surface area contributed by atoms with Gasteiger partial charge in [-0.05, 0) is 40.3 Å². The molecule has 20 nitrogen and oxygen atoms in total. The van der Waals surface area contributed by atoms with E-state index in [1.54, 1.807) is 31.3 Å². The van der Waals surface area contributed by atoms with E-state index in [4.69, 9.17) is 11.5 Å². The number of aryl methyl sites for hydroxylation is 1. The van der Waals surface area contributed by atoms with Crippen LogP contribution in [0.2, 0.25) is 0 Å². The molecule has 51 heavy (non-hydrogen) atoms. The number of nitrogen functional groups attached to an aromatic ring is 1. The molecular weight excluding hydrogens is 747 g/mol. The molecule has 24 heteroatoms. The fourth-order valence-electron chi connectivity index (χ4n) is 5.21. The number of tetrazole rings is 1. The van der Waals surface area contributed by atoms with Crippen LogP contribution in [0.1, 0.15) is 11.7 Å². The van der Waals surface area contributed by atoms with E-state index in [-0.39, 0.29) is 34.0 Å². The number of fused-ring (bicyclic) bond motifs is 1.